The lowest BCUT2D eigenvalue weighted by atomic mass is 10.0. The summed E-state index contributed by atoms with van der Waals surface area (Å²) in [6, 6.07) is 9.36. The molecule has 1 atom stereocenters. The Morgan fingerprint density at radius 2 is 2.10 bits per heavy atom. The van der Waals surface area contributed by atoms with E-state index in [9.17, 15) is 5.11 Å². The normalized spacial score (nSPS) is 14.9. The molecular formula is C15H14BrNO3. The fraction of sp³-hybridized carbons (Fsp3) is 0.267. The summed E-state index contributed by atoms with van der Waals surface area (Å²) in [5.74, 6) is 1.37. The van der Waals surface area contributed by atoms with Crippen LogP contribution >= 0.6 is 15.9 Å². The van der Waals surface area contributed by atoms with Crippen molar-refractivity contribution in [3.8, 4) is 11.5 Å². The Balaban J connectivity index is 1.85. The van der Waals surface area contributed by atoms with E-state index in [4.69, 9.17) is 9.47 Å². The maximum absolute atomic E-state index is 10.3. The lowest BCUT2D eigenvalue weighted by Gasteiger charge is -2.21. The molecule has 0 bridgehead atoms. The number of aliphatic hydroxyl groups is 1. The van der Waals surface area contributed by atoms with E-state index in [1.807, 2.05) is 30.3 Å². The van der Waals surface area contributed by atoms with Crippen LogP contribution in [0.15, 0.2) is 41.0 Å². The van der Waals surface area contributed by atoms with Crippen LogP contribution in [0.2, 0.25) is 0 Å². The molecule has 1 aromatic heterocycles. The van der Waals surface area contributed by atoms with Crippen LogP contribution in [0.1, 0.15) is 17.4 Å². The molecule has 5 heteroatoms. The summed E-state index contributed by atoms with van der Waals surface area (Å²) >= 11 is 3.45. The number of halogens is 1. The Labute approximate surface area is 125 Å². The van der Waals surface area contributed by atoms with Gasteiger partial charge in [-0.2, -0.15) is 0 Å². The SMILES string of the molecule is OC(Cc1ccccn1)c1cc(Br)c2c(c1)OCCO2. The van der Waals surface area contributed by atoms with Crippen molar-refractivity contribution < 1.29 is 14.6 Å². The van der Waals surface area contributed by atoms with E-state index in [0.29, 0.717) is 31.1 Å². The highest BCUT2D eigenvalue weighted by atomic mass is 79.9. The van der Waals surface area contributed by atoms with Crippen LogP contribution in [-0.2, 0) is 6.42 Å². The van der Waals surface area contributed by atoms with Crippen molar-refractivity contribution in [3.63, 3.8) is 0 Å². The summed E-state index contributed by atoms with van der Waals surface area (Å²) in [6.07, 6.45) is 1.56. The number of hydrogen-bond donors (Lipinski definition) is 1. The van der Waals surface area contributed by atoms with E-state index in [2.05, 4.69) is 20.9 Å². The summed E-state index contributed by atoms with van der Waals surface area (Å²) in [5, 5.41) is 10.3. The monoisotopic (exact) mass is 335 g/mol. The van der Waals surface area contributed by atoms with E-state index < -0.39 is 6.10 Å². The standard InChI is InChI=1S/C15H14BrNO3/c16-12-7-10(8-14-15(12)20-6-5-19-14)13(18)9-11-3-1-2-4-17-11/h1-4,7-8,13,18H,5-6,9H2. The molecule has 0 fully saturated rings. The first-order valence-corrected chi connectivity index (χ1v) is 7.20. The van der Waals surface area contributed by atoms with Gasteiger partial charge in [0.1, 0.15) is 13.2 Å². The maximum atomic E-state index is 10.3. The topological polar surface area (TPSA) is 51.6 Å². The molecule has 0 saturated heterocycles. The first-order chi connectivity index (χ1) is 9.74. The molecule has 3 rings (SSSR count). The minimum Gasteiger partial charge on any atom is -0.486 e. The highest BCUT2D eigenvalue weighted by Crippen LogP contribution is 2.40. The van der Waals surface area contributed by atoms with Gasteiger partial charge in [-0.1, -0.05) is 6.07 Å². The summed E-state index contributed by atoms with van der Waals surface area (Å²) in [5.41, 5.74) is 1.64. The number of pyridine rings is 1. The van der Waals surface area contributed by atoms with Crippen molar-refractivity contribution in [3.05, 3.63) is 52.3 Å². The number of nitrogens with zero attached hydrogens (tertiary/aromatic N) is 1. The average Bonchev–Trinajstić information content (AvgIpc) is 2.48. The maximum Gasteiger partial charge on any atom is 0.175 e. The van der Waals surface area contributed by atoms with E-state index in [1.165, 1.54) is 0 Å². The Bertz CT molecular complexity index is 604. The van der Waals surface area contributed by atoms with Crippen molar-refractivity contribution in [1.29, 1.82) is 0 Å². The number of aromatic nitrogens is 1. The zero-order valence-electron chi connectivity index (χ0n) is 10.8. The molecule has 1 unspecified atom stereocenters. The molecule has 1 N–H and O–H groups in total. The van der Waals surface area contributed by atoms with Gasteiger partial charge in [0, 0.05) is 18.3 Å². The van der Waals surface area contributed by atoms with Crippen LogP contribution in [0.3, 0.4) is 0 Å². The summed E-state index contributed by atoms with van der Waals surface area (Å²) in [7, 11) is 0. The minimum absolute atomic E-state index is 0.465. The van der Waals surface area contributed by atoms with Gasteiger partial charge in [0.15, 0.2) is 11.5 Å². The number of rotatable bonds is 3. The van der Waals surface area contributed by atoms with E-state index in [0.717, 1.165) is 15.7 Å². The predicted octanol–water partition coefficient (Wildman–Crippen LogP) is 2.89. The largest absolute Gasteiger partial charge is 0.486 e. The molecule has 1 aromatic carbocycles. The Kier molecular flexibility index (Phi) is 3.89. The summed E-state index contributed by atoms with van der Waals surface area (Å²) in [4.78, 5) is 4.23. The number of hydrogen-bond acceptors (Lipinski definition) is 4. The van der Waals surface area contributed by atoms with Crippen LogP contribution < -0.4 is 9.47 Å². The second kappa shape index (κ2) is 5.81. The number of ether oxygens (including phenoxy) is 2. The van der Waals surface area contributed by atoms with Crippen LogP contribution in [0.4, 0.5) is 0 Å². The molecule has 104 valence electrons. The van der Waals surface area contributed by atoms with Gasteiger partial charge < -0.3 is 14.6 Å². The molecule has 0 aliphatic carbocycles. The minimum atomic E-state index is -0.628. The van der Waals surface area contributed by atoms with Crippen molar-refractivity contribution in [2.75, 3.05) is 13.2 Å². The van der Waals surface area contributed by atoms with Gasteiger partial charge in [-0.05, 0) is 45.8 Å². The molecule has 0 saturated carbocycles. The van der Waals surface area contributed by atoms with Gasteiger partial charge in [0.2, 0.25) is 0 Å². The molecule has 0 spiro atoms. The van der Waals surface area contributed by atoms with Crippen molar-refractivity contribution in [2.24, 2.45) is 0 Å². The Hall–Kier alpha value is -1.59. The lowest BCUT2D eigenvalue weighted by molar-refractivity contribution is 0.163. The smallest absolute Gasteiger partial charge is 0.175 e. The highest BCUT2D eigenvalue weighted by Gasteiger charge is 2.19. The molecular weight excluding hydrogens is 322 g/mol. The molecule has 2 aromatic rings. The van der Waals surface area contributed by atoms with Gasteiger partial charge in [-0.25, -0.2) is 0 Å². The zero-order chi connectivity index (χ0) is 13.9. The third-order valence-electron chi connectivity index (χ3n) is 3.13. The second-order valence-electron chi connectivity index (χ2n) is 4.57. The predicted molar refractivity (Wildman–Crippen MR) is 78.0 cm³/mol. The zero-order valence-corrected chi connectivity index (χ0v) is 12.3. The second-order valence-corrected chi connectivity index (χ2v) is 5.42. The number of benzene rings is 1. The molecule has 2 heterocycles. The Morgan fingerprint density at radius 1 is 1.25 bits per heavy atom. The summed E-state index contributed by atoms with van der Waals surface area (Å²) < 4.78 is 11.9. The van der Waals surface area contributed by atoms with Gasteiger partial charge in [0.25, 0.3) is 0 Å². The van der Waals surface area contributed by atoms with E-state index in [1.54, 1.807) is 6.20 Å². The number of fused-ring (bicyclic) bond motifs is 1. The molecule has 0 amide bonds. The number of aliphatic hydroxyl groups excluding tert-OH is 1. The van der Waals surface area contributed by atoms with Crippen LogP contribution in [0, 0.1) is 0 Å². The molecule has 1 aliphatic heterocycles. The highest BCUT2D eigenvalue weighted by molar-refractivity contribution is 9.10. The van der Waals surface area contributed by atoms with E-state index in [-0.39, 0.29) is 0 Å². The van der Waals surface area contributed by atoms with Crippen molar-refractivity contribution in [2.45, 2.75) is 12.5 Å². The lowest BCUT2D eigenvalue weighted by Crippen LogP contribution is -2.16. The summed E-state index contributed by atoms with van der Waals surface area (Å²) in [6.45, 7) is 1.07. The van der Waals surface area contributed by atoms with Gasteiger partial charge in [0.05, 0.1) is 10.6 Å². The average molecular weight is 336 g/mol. The third kappa shape index (κ3) is 2.78. The van der Waals surface area contributed by atoms with Crippen molar-refractivity contribution in [1.82, 2.24) is 4.98 Å². The Morgan fingerprint density at radius 3 is 2.90 bits per heavy atom. The third-order valence-corrected chi connectivity index (χ3v) is 3.72. The van der Waals surface area contributed by atoms with Gasteiger partial charge in [-0.3, -0.25) is 4.98 Å². The van der Waals surface area contributed by atoms with Gasteiger partial charge in [-0.15, -0.1) is 0 Å². The fourth-order valence-corrected chi connectivity index (χ4v) is 2.73. The van der Waals surface area contributed by atoms with Gasteiger partial charge >= 0.3 is 0 Å². The van der Waals surface area contributed by atoms with Crippen LogP contribution in [0.5, 0.6) is 11.5 Å². The molecule has 4 nitrogen and oxygen atoms in total. The van der Waals surface area contributed by atoms with Crippen LogP contribution in [0.25, 0.3) is 0 Å². The molecule has 0 radical (unpaired) electrons. The molecule has 1 aliphatic rings. The van der Waals surface area contributed by atoms with Crippen LogP contribution in [-0.4, -0.2) is 23.3 Å². The first kappa shape index (κ1) is 13.4. The quantitative estimate of drug-likeness (QED) is 0.936. The van der Waals surface area contributed by atoms with E-state index >= 15 is 0 Å². The molecule has 20 heavy (non-hydrogen) atoms. The van der Waals surface area contributed by atoms with Crippen molar-refractivity contribution >= 4 is 15.9 Å². The first-order valence-electron chi connectivity index (χ1n) is 6.41. The fourth-order valence-electron chi connectivity index (χ4n) is 2.16.